The third-order valence-corrected chi connectivity index (χ3v) is 4.09. The Kier molecular flexibility index (Phi) is 4.00. The van der Waals surface area contributed by atoms with Crippen LogP contribution in [0, 0.1) is 5.92 Å². The molecule has 1 aliphatic carbocycles. The molecular weight excluding hydrogens is 186 g/mol. The van der Waals surface area contributed by atoms with Gasteiger partial charge in [0.15, 0.2) is 0 Å². The Morgan fingerprint density at radius 3 is 2.53 bits per heavy atom. The Bertz CT molecular complexity index is 187. The second kappa shape index (κ2) is 5.28. The normalized spacial score (nSPS) is 34.8. The molecule has 0 aromatic carbocycles. The molecule has 0 spiro atoms. The summed E-state index contributed by atoms with van der Waals surface area (Å²) in [6, 6.07) is 0.867. The zero-order valence-electron chi connectivity index (χ0n) is 10.2. The van der Waals surface area contributed by atoms with Gasteiger partial charge in [0.05, 0.1) is 0 Å². The first-order valence-electron chi connectivity index (χ1n) is 6.38. The van der Waals surface area contributed by atoms with E-state index >= 15 is 0 Å². The highest BCUT2D eigenvalue weighted by molar-refractivity contribution is 4.88. The molecule has 1 aliphatic heterocycles. The lowest BCUT2D eigenvalue weighted by Gasteiger charge is -2.38. The van der Waals surface area contributed by atoms with Gasteiger partial charge in [-0.3, -0.25) is 4.90 Å². The topological polar surface area (TPSA) is 18.5 Å². The predicted octanol–water partition coefficient (Wildman–Crippen LogP) is 0.622. The lowest BCUT2D eigenvalue weighted by atomic mass is 10.0. The van der Waals surface area contributed by atoms with Crippen molar-refractivity contribution < 1.29 is 0 Å². The predicted molar refractivity (Wildman–Crippen MR) is 64.1 cm³/mol. The van der Waals surface area contributed by atoms with Crippen LogP contribution >= 0.6 is 0 Å². The first-order valence-corrected chi connectivity index (χ1v) is 6.38. The summed E-state index contributed by atoms with van der Waals surface area (Å²) in [5.41, 5.74) is 0. The average Bonchev–Trinajstić information content (AvgIpc) is 2.68. The van der Waals surface area contributed by atoms with Crippen molar-refractivity contribution in [3.05, 3.63) is 0 Å². The van der Waals surface area contributed by atoms with Crippen molar-refractivity contribution in [1.29, 1.82) is 0 Å². The van der Waals surface area contributed by atoms with Gasteiger partial charge in [0, 0.05) is 32.2 Å². The average molecular weight is 211 g/mol. The zero-order chi connectivity index (χ0) is 10.7. The molecule has 0 radical (unpaired) electrons. The number of piperazine rings is 1. The van der Waals surface area contributed by atoms with Crippen LogP contribution in [-0.2, 0) is 0 Å². The fourth-order valence-corrected chi connectivity index (χ4v) is 3.15. The van der Waals surface area contributed by atoms with Crippen LogP contribution in [0.1, 0.15) is 19.3 Å². The molecule has 2 atom stereocenters. The van der Waals surface area contributed by atoms with E-state index in [9.17, 15) is 0 Å². The number of nitrogens with zero attached hydrogens (tertiary/aromatic N) is 2. The molecule has 2 rings (SSSR count). The van der Waals surface area contributed by atoms with Gasteiger partial charge in [-0.15, -0.1) is 0 Å². The van der Waals surface area contributed by atoms with Crippen molar-refractivity contribution in [3.8, 4) is 0 Å². The maximum atomic E-state index is 3.35. The molecule has 2 aliphatic rings. The van der Waals surface area contributed by atoms with E-state index in [1.165, 1.54) is 52.0 Å². The minimum atomic E-state index is 0.867. The highest BCUT2D eigenvalue weighted by atomic mass is 15.3. The molecule has 1 heterocycles. The first-order chi connectivity index (χ1) is 7.31. The minimum Gasteiger partial charge on any atom is -0.319 e. The SMILES string of the molecule is CNCC1CCCC1N1CCN(C)CC1. The Morgan fingerprint density at radius 1 is 1.13 bits per heavy atom. The van der Waals surface area contributed by atoms with Gasteiger partial charge >= 0.3 is 0 Å². The van der Waals surface area contributed by atoms with Gasteiger partial charge in [-0.1, -0.05) is 6.42 Å². The van der Waals surface area contributed by atoms with E-state index in [1.54, 1.807) is 0 Å². The van der Waals surface area contributed by atoms with Gasteiger partial charge in [0.25, 0.3) is 0 Å². The smallest absolute Gasteiger partial charge is 0.0137 e. The molecule has 2 unspecified atom stereocenters. The maximum absolute atomic E-state index is 3.35. The zero-order valence-corrected chi connectivity index (χ0v) is 10.2. The summed E-state index contributed by atoms with van der Waals surface area (Å²) in [6.45, 7) is 6.27. The molecule has 88 valence electrons. The van der Waals surface area contributed by atoms with E-state index in [0.717, 1.165) is 12.0 Å². The lowest BCUT2D eigenvalue weighted by molar-refractivity contribution is 0.0921. The largest absolute Gasteiger partial charge is 0.319 e. The van der Waals surface area contributed by atoms with Crippen molar-refractivity contribution in [2.24, 2.45) is 5.92 Å². The number of likely N-dealkylation sites (N-methyl/N-ethyl adjacent to an activating group) is 1. The summed E-state index contributed by atoms with van der Waals surface area (Å²) in [7, 11) is 4.32. The number of hydrogen-bond acceptors (Lipinski definition) is 3. The number of nitrogens with one attached hydrogen (secondary N) is 1. The summed E-state index contributed by atoms with van der Waals surface area (Å²) < 4.78 is 0. The van der Waals surface area contributed by atoms with Crippen LogP contribution in [0.4, 0.5) is 0 Å². The van der Waals surface area contributed by atoms with E-state index in [2.05, 4.69) is 29.2 Å². The molecule has 3 nitrogen and oxygen atoms in total. The van der Waals surface area contributed by atoms with Crippen molar-refractivity contribution in [2.75, 3.05) is 46.8 Å². The third-order valence-electron chi connectivity index (χ3n) is 4.09. The Balaban J connectivity index is 1.86. The van der Waals surface area contributed by atoms with Crippen LogP contribution in [-0.4, -0.2) is 62.7 Å². The fraction of sp³-hybridized carbons (Fsp3) is 1.00. The van der Waals surface area contributed by atoms with Crippen LogP contribution in [0.5, 0.6) is 0 Å². The summed E-state index contributed by atoms with van der Waals surface area (Å²) >= 11 is 0. The van der Waals surface area contributed by atoms with Crippen molar-refractivity contribution >= 4 is 0 Å². The summed E-state index contributed by atoms with van der Waals surface area (Å²) in [4.78, 5) is 5.17. The van der Waals surface area contributed by atoms with Gasteiger partial charge in [0.1, 0.15) is 0 Å². The van der Waals surface area contributed by atoms with Crippen LogP contribution in [0.25, 0.3) is 0 Å². The molecule has 0 amide bonds. The molecule has 1 saturated heterocycles. The molecule has 0 bridgehead atoms. The third kappa shape index (κ3) is 2.71. The van der Waals surface area contributed by atoms with Gasteiger partial charge in [-0.25, -0.2) is 0 Å². The van der Waals surface area contributed by atoms with Gasteiger partial charge in [-0.05, 0) is 39.4 Å². The van der Waals surface area contributed by atoms with Gasteiger partial charge in [0.2, 0.25) is 0 Å². The monoisotopic (exact) mass is 211 g/mol. The van der Waals surface area contributed by atoms with Crippen LogP contribution in [0.2, 0.25) is 0 Å². The Morgan fingerprint density at radius 2 is 1.87 bits per heavy atom. The van der Waals surface area contributed by atoms with Crippen LogP contribution < -0.4 is 5.32 Å². The molecule has 0 aromatic heterocycles. The van der Waals surface area contributed by atoms with E-state index in [4.69, 9.17) is 0 Å². The molecule has 1 N–H and O–H groups in total. The standard InChI is InChI=1S/C12H25N3/c1-13-10-11-4-3-5-12(11)15-8-6-14(2)7-9-15/h11-13H,3-10H2,1-2H3. The van der Waals surface area contributed by atoms with Gasteiger partial charge < -0.3 is 10.2 Å². The molecular formula is C12H25N3. The molecule has 1 saturated carbocycles. The van der Waals surface area contributed by atoms with Gasteiger partial charge in [-0.2, -0.15) is 0 Å². The highest BCUT2D eigenvalue weighted by Gasteiger charge is 2.32. The van der Waals surface area contributed by atoms with Crippen molar-refractivity contribution in [3.63, 3.8) is 0 Å². The van der Waals surface area contributed by atoms with E-state index in [-0.39, 0.29) is 0 Å². The maximum Gasteiger partial charge on any atom is 0.0137 e. The lowest BCUT2D eigenvalue weighted by Crippen LogP contribution is -2.51. The Labute approximate surface area is 93.8 Å². The van der Waals surface area contributed by atoms with Crippen LogP contribution in [0.15, 0.2) is 0 Å². The Hall–Kier alpha value is -0.120. The highest BCUT2D eigenvalue weighted by Crippen LogP contribution is 2.29. The number of hydrogen-bond donors (Lipinski definition) is 1. The fourth-order valence-electron chi connectivity index (χ4n) is 3.15. The summed E-state index contributed by atoms with van der Waals surface area (Å²) in [5.74, 6) is 0.901. The molecule has 0 aromatic rings. The molecule has 3 heteroatoms. The molecule has 15 heavy (non-hydrogen) atoms. The van der Waals surface area contributed by atoms with E-state index in [0.29, 0.717) is 0 Å². The van der Waals surface area contributed by atoms with E-state index < -0.39 is 0 Å². The number of rotatable bonds is 3. The summed E-state index contributed by atoms with van der Waals surface area (Å²) in [5, 5.41) is 3.35. The summed E-state index contributed by atoms with van der Waals surface area (Å²) in [6.07, 6.45) is 4.29. The quantitative estimate of drug-likeness (QED) is 0.738. The second-order valence-electron chi connectivity index (χ2n) is 5.16. The van der Waals surface area contributed by atoms with Crippen molar-refractivity contribution in [2.45, 2.75) is 25.3 Å². The molecule has 2 fully saturated rings. The minimum absolute atomic E-state index is 0.867. The van der Waals surface area contributed by atoms with Crippen molar-refractivity contribution in [1.82, 2.24) is 15.1 Å². The van der Waals surface area contributed by atoms with E-state index in [1.807, 2.05) is 0 Å². The second-order valence-corrected chi connectivity index (χ2v) is 5.16. The first kappa shape index (κ1) is 11.4. The van der Waals surface area contributed by atoms with Crippen LogP contribution in [0.3, 0.4) is 0 Å².